The van der Waals surface area contributed by atoms with Crippen molar-refractivity contribution in [1.29, 1.82) is 0 Å². The van der Waals surface area contributed by atoms with Crippen molar-refractivity contribution in [1.82, 2.24) is 0 Å². The average Bonchev–Trinajstić information content (AvgIpc) is 2.54. The van der Waals surface area contributed by atoms with Gasteiger partial charge < -0.3 is 0 Å². The van der Waals surface area contributed by atoms with Gasteiger partial charge in [-0.2, -0.15) is 0 Å². The topological polar surface area (TPSA) is 0 Å². The molecule has 0 aliphatic rings. The van der Waals surface area contributed by atoms with Crippen molar-refractivity contribution < 1.29 is 0 Å². The molecule has 0 fully saturated rings. The molecule has 0 aromatic carbocycles. The van der Waals surface area contributed by atoms with E-state index >= 15 is 0 Å². The van der Waals surface area contributed by atoms with Crippen molar-refractivity contribution in [3.63, 3.8) is 0 Å². The zero-order chi connectivity index (χ0) is 16.3. The Bertz CT molecular complexity index is 184. The van der Waals surface area contributed by atoms with Crippen molar-refractivity contribution in [3.8, 4) is 0 Å². The Labute approximate surface area is 142 Å². The molecule has 0 bridgehead atoms. The van der Waals surface area contributed by atoms with Crippen molar-refractivity contribution in [2.24, 2.45) is 5.92 Å². The fourth-order valence-corrected chi connectivity index (χ4v) is 3.51. The molecule has 0 radical (unpaired) electrons. The Morgan fingerprint density at radius 3 is 1.05 bits per heavy atom. The van der Waals surface area contributed by atoms with E-state index in [4.69, 9.17) is 0 Å². The molecular weight excluding hydrogens is 264 g/mol. The summed E-state index contributed by atoms with van der Waals surface area (Å²) in [5.74, 6) is 1.02. The SMILES string of the molecule is CCCCCCCCCCCC(CC)CCCCCCCC. The summed E-state index contributed by atoms with van der Waals surface area (Å²) in [5, 5.41) is 0. The van der Waals surface area contributed by atoms with E-state index in [1.54, 1.807) is 0 Å². The van der Waals surface area contributed by atoms with Gasteiger partial charge in [-0.3, -0.25) is 0 Å². The summed E-state index contributed by atoms with van der Waals surface area (Å²) in [6, 6.07) is 0. The Hall–Kier alpha value is 0. The van der Waals surface area contributed by atoms with E-state index in [1.807, 2.05) is 0 Å². The second-order valence-corrected chi connectivity index (χ2v) is 7.45. The van der Waals surface area contributed by atoms with Crippen molar-refractivity contribution in [3.05, 3.63) is 0 Å². The molecule has 0 aliphatic heterocycles. The zero-order valence-corrected chi connectivity index (χ0v) is 16.3. The van der Waals surface area contributed by atoms with E-state index < -0.39 is 0 Å². The van der Waals surface area contributed by atoms with Crippen LogP contribution in [0, 0.1) is 5.92 Å². The Morgan fingerprint density at radius 2 is 0.727 bits per heavy atom. The first-order chi connectivity index (χ1) is 10.8. The third-order valence-electron chi connectivity index (χ3n) is 5.26. The van der Waals surface area contributed by atoms with Crippen LogP contribution in [-0.2, 0) is 0 Å². The average molecular weight is 311 g/mol. The second kappa shape index (κ2) is 19.0. The molecule has 134 valence electrons. The smallest absolute Gasteiger partial charge is 0.0417 e. The summed E-state index contributed by atoms with van der Waals surface area (Å²) in [6.07, 6.45) is 26.3. The molecule has 0 spiro atoms. The van der Waals surface area contributed by atoms with E-state index in [1.165, 1.54) is 116 Å². The Morgan fingerprint density at radius 1 is 0.409 bits per heavy atom. The van der Waals surface area contributed by atoms with Crippen LogP contribution >= 0.6 is 0 Å². The maximum atomic E-state index is 2.40. The first-order valence-corrected chi connectivity index (χ1v) is 10.8. The van der Waals surface area contributed by atoms with Gasteiger partial charge in [0.1, 0.15) is 0 Å². The van der Waals surface area contributed by atoms with E-state index in [0.717, 1.165) is 5.92 Å². The molecule has 0 heterocycles. The van der Waals surface area contributed by atoms with Gasteiger partial charge in [0.25, 0.3) is 0 Å². The van der Waals surface area contributed by atoms with Crippen LogP contribution in [0.4, 0.5) is 0 Å². The number of hydrogen-bond acceptors (Lipinski definition) is 0. The third kappa shape index (κ3) is 16.4. The minimum absolute atomic E-state index is 1.02. The van der Waals surface area contributed by atoms with Crippen LogP contribution in [0.5, 0.6) is 0 Å². The van der Waals surface area contributed by atoms with E-state index in [0.29, 0.717) is 0 Å². The van der Waals surface area contributed by atoms with Gasteiger partial charge in [0, 0.05) is 0 Å². The minimum Gasteiger partial charge on any atom is -0.0654 e. The van der Waals surface area contributed by atoms with Crippen LogP contribution in [0.3, 0.4) is 0 Å². The molecule has 0 heteroatoms. The quantitative estimate of drug-likeness (QED) is 0.222. The van der Waals surface area contributed by atoms with Crippen molar-refractivity contribution in [2.45, 2.75) is 136 Å². The molecule has 0 aromatic rings. The molecule has 0 aromatic heterocycles. The normalized spacial score (nSPS) is 12.7. The van der Waals surface area contributed by atoms with Crippen LogP contribution in [0.15, 0.2) is 0 Å². The highest BCUT2D eigenvalue weighted by molar-refractivity contribution is 4.59. The Kier molecular flexibility index (Phi) is 19.0. The fourth-order valence-electron chi connectivity index (χ4n) is 3.51. The van der Waals surface area contributed by atoms with Crippen molar-refractivity contribution in [2.75, 3.05) is 0 Å². The lowest BCUT2D eigenvalue weighted by Crippen LogP contribution is -1.99. The van der Waals surface area contributed by atoms with E-state index in [2.05, 4.69) is 20.8 Å². The molecule has 1 atom stereocenters. The van der Waals surface area contributed by atoms with Gasteiger partial charge in [-0.05, 0) is 5.92 Å². The maximum Gasteiger partial charge on any atom is -0.0417 e. The zero-order valence-electron chi connectivity index (χ0n) is 16.3. The van der Waals surface area contributed by atoms with Crippen LogP contribution in [0.1, 0.15) is 136 Å². The molecule has 1 unspecified atom stereocenters. The monoisotopic (exact) mass is 310 g/mol. The molecule has 0 aliphatic carbocycles. The molecule has 0 nitrogen and oxygen atoms in total. The maximum absolute atomic E-state index is 2.40. The first kappa shape index (κ1) is 22.0. The third-order valence-corrected chi connectivity index (χ3v) is 5.26. The molecule has 0 rings (SSSR count). The number of rotatable bonds is 18. The highest BCUT2D eigenvalue weighted by atomic mass is 14.1. The molecule has 0 N–H and O–H groups in total. The lowest BCUT2D eigenvalue weighted by atomic mass is 9.92. The summed E-state index contributed by atoms with van der Waals surface area (Å²) in [7, 11) is 0. The van der Waals surface area contributed by atoms with Crippen LogP contribution in [0.2, 0.25) is 0 Å². The van der Waals surface area contributed by atoms with Crippen LogP contribution in [0.25, 0.3) is 0 Å². The molecule has 0 amide bonds. The highest BCUT2D eigenvalue weighted by Gasteiger charge is 2.05. The largest absolute Gasteiger partial charge is 0.0654 e. The number of unbranched alkanes of at least 4 members (excludes halogenated alkanes) is 13. The standard InChI is InChI=1S/C22H46/c1-4-7-9-11-13-14-15-17-19-21-22(6-3)20-18-16-12-10-8-5-2/h22H,4-21H2,1-3H3. The summed E-state index contributed by atoms with van der Waals surface area (Å²) in [4.78, 5) is 0. The van der Waals surface area contributed by atoms with Gasteiger partial charge in [-0.15, -0.1) is 0 Å². The lowest BCUT2D eigenvalue weighted by molar-refractivity contribution is 0.392. The number of hydrogen-bond donors (Lipinski definition) is 0. The van der Waals surface area contributed by atoms with Gasteiger partial charge in [0.15, 0.2) is 0 Å². The fraction of sp³-hybridized carbons (Fsp3) is 1.00. The molecule has 22 heavy (non-hydrogen) atoms. The predicted octanol–water partition coefficient (Wildman–Crippen LogP) is 8.68. The molecule has 0 saturated heterocycles. The van der Waals surface area contributed by atoms with Crippen LogP contribution in [-0.4, -0.2) is 0 Å². The van der Waals surface area contributed by atoms with Gasteiger partial charge in [-0.1, -0.05) is 136 Å². The lowest BCUT2D eigenvalue weighted by Gasteiger charge is -2.14. The summed E-state index contributed by atoms with van der Waals surface area (Å²) in [5.41, 5.74) is 0. The Balaban J connectivity index is 3.28. The van der Waals surface area contributed by atoms with Crippen LogP contribution < -0.4 is 0 Å². The summed E-state index contributed by atoms with van der Waals surface area (Å²) < 4.78 is 0. The highest BCUT2D eigenvalue weighted by Crippen LogP contribution is 2.21. The van der Waals surface area contributed by atoms with Gasteiger partial charge in [0.2, 0.25) is 0 Å². The second-order valence-electron chi connectivity index (χ2n) is 7.45. The van der Waals surface area contributed by atoms with E-state index in [9.17, 15) is 0 Å². The van der Waals surface area contributed by atoms with Crippen molar-refractivity contribution >= 4 is 0 Å². The molecular formula is C22H46. The molecule has 0 saturated carbocycles. The van der Waals surface area contributed by atoms with Gasteiger partial charge >= 0.3 is 0 Å². The summed E-state index contributed by atoms with van der Waals surface area (Å²) >= 11 is 0. The summed E-state index contributed by atoms with van der Waals surface area (Å²) in [6.45, 7) is 7.00. The van der Waals surface area contributed by atoms with Gasteiger partial charge in [-0.25, -0.2) is 0 Å². The van der Waals surface area contributed by atoms with E-state index in [-0.39, 0.29) is 0 Å². The predicted molar refractivity (Wildman–Crippen MR) is 104 cm³/mol. The van der Waals surface area contributed by atoms with Gasteiger partial charge in [0.05, 0.1) is 0 Å². The minimum atomic E-state index is 1.02. The first-order valence-electron chi connectivity index (χ1n) is 10.8.